The Morgan fingerprint density at radius 3 is 2.18 bits per heavy atom. The summed E-state index contributed by atoms with van der Waals surface area (Å²) in [4.78, 5) is 13.1. The molecule has 152 valence electrons. The number of rotatable bonds is 8. The highest BCUT2D eigenvalue weighted by Gasteiger charge is 2.22. The Hall–Kier alpha value is -2.34. The minimum atomic E-state index is -3.24. The van der Waals surface area contributed by atoms with Gasteiger partial charge in [-0.2, -0.15) is 0 Å². The van der Waals surface area contributed by atoms with Crippen molar-refractivity contribution in [3.63, 3.8) is 0 Å². The fourth-order valence-electron chi connectivity index (χ4n) is 3.04. The summed E-state index contributed by atoms with van der Waals surface area (Å²) in [5, 5.41) is 3.03. The second-order valence-electron chi connectivity index (χ2n) is 7.09. The first-order valence-electron chi connectivity index (χ1n) is 9.50. The predicted octanol–water partition coefficient (Wildman–Crippen LogP) is 4.13. The van der Waals surface area contributed by atoms with Gasteiger partial charge < -0.3 is 10.1 Å². The molecule has 0 aromatic heterocycles. The molecular weight excluding hydrogens is 374 g/mol. The van der Waals surface area contributed by atoms with Crippen LogP contribution in [0.15, 0.2) is 47.4 Å². The number of carbonyl (C=O) groups excluding carboxylic acids is 1. The van der Waals surface area contributed by atoms with Gasteiger partial charge in [0.25, 0.3) is 5.91 Å². The molecule has 0 aliphatic rings. The quantitative estimate of drug-likeness (QED) is 0.719. The Kier molecular flexibility index (Phi) is 7.24. The number of hydrogen-bond acceptors (Lipinski definition) is 4. The molecule has 0 radical (unpaired) electrons. The third-order valence-electron chi connectivity index (χ3n) is 4.70. The van der Waals surface area contributed by atoms with Gasteiger partial charge in [0.2, 0.25) is 0 Å². The first-order valence-corrected chi connectivity index (χ1v) is 11.4. The highest BCUT2D eigenvalue weighted by atomic mass is 32.2. The zero-order chi connectivity index (χ0) is 20.9. The van der Waals surface area contributed by atoms with Crippen molar-refractivity contribution in [1.29, 1.82) is 0 Å². The first kappa shape index (κ1) is 22.0. The molecule has 2 rings (SSSR count). The zero-order valence-electron chi connectivity index (χ0n) is 17.2. The largest absolute Gasteiger partial charge is 0.480 e. The van der Waals surface area contributed by atoms with E-state index in [1.807, 2.05) is 45.9 Å². The number of hydrogen-bond donors (Lipinski definition) is 1. The Bertz CT molecular complexity index is 920. The van der Waals surface area contributed by atoms with Gasteiger partial charge in [-0.05, 0) is 56.0 Å². The van der Waals surface area contributed by atoms with Gasteiger partial charge in [-0.15, -0.1) is 0 Å². The zero-order valence-corrected chi connectivity index (χ0v) is 18.0. The van der Waals surface area contributed by atoms with Crippen LogP contribution >= 0.6 is 0 Å². The average molecular weight is 404 g/mol. The maximum absolute atomic E-state index is 12.8. The van der Waals surface area contributed by atoms with Crippen LogP contribution in [-0.2, 0) is 14.6 Å². The van der Waals surface area contributed by atoms with Gasteiger partial charge in [-0.3, -0.25) is 4.79 Å². The van der Waals surface area contributed by atoms with E-state index in [4.69, 9.17) is 4.74 Å². The fourth-order valence-corrected chi connectivity index (χ4v) is 3.67. The minimum Gasteiger partial charge on any atom is -0.480 e. The number of benzene rings is 2. The second kappa shape index (κ2) is 9.24. The second-order valence-corrected chi connectivity index (χ2v) is 9.11. The summed E-state index contributed by atoms with van der Waals surface area (Å²) in [6.07, 6.45) is 1.81. The van der Waals surface area contributed by atoms with Gasteiger partial charge in [0.15, 0.2) is 15.9 Å². The maximum Gasteiger partial charge on any atom is 0.261 e. The number of ether oxygens (including phenoxy) is 1. The van der Waals surface area contributed by atoms with Crippen LogP contribution in [0.2, 0.25) is 0 Å². The molecule has 6 heteroatoms. The first-order chi connectivity index (χ1) is 13.2. The third kappa shape index (κ3) is 5.58. The molecule has 2 aromatic rings. The Balaban J connectivity index is 2.12. The van der Waals surface area contributed by atoms with Gasteiger partial charge in [-0.25, -0.2) is 8.42 Å². The fraction of sp³-hybridized carbons (Fsp3) is 0.409. The molecular formula is C22H29NO4S. The van der Waals surface area contributed by atoms with E-state index in [2.05, 4.69) is 5.32 Å². The van der Waals surface area contributed by atoms with Gasteiger partial charge in [-0.1, -0.05) is 43.7 Å². The van der Waals surface area contributed by atoms with Crippen LogP contribution in [0.25, 0.3) is 0 Å². The van der Waals surface area contributed by atoms with E-state index in [1.54, 1.807) is 24.3 Å². The van der Waals surface area contributed by atoms with Crippen LogP contribution in [0, 0.1) is 13.8 Å². The molecule has 2 aromatic carbocycles. The molecule has 1 amide bonds. The summed E-state index contributed by atoms with van der Waals surface area (Å²) in [5.74, 6) is 0.527. The van der Waals surface area contributed by atoms with Crippen LogP contribution in [0.5, 0.6) is 5.75 Å². The molecule has 5 nitrogen and oxygen atoms in total. The molecule has 0 saturated carbocycles. The Morgan fingerprint density at radius 2 is 1.68 bits per heavy atom. The SMILES string of the molecule is CC[C@H](Oc1ccc(C)cc1C)C(=O)N[C@H](CC)c1ccc(S(C)(=O)=O)cc1. The summed E-state index contributed by atoms with van der Waals surface area (Å²) in [5.41, 5.74) is 3.00. The highest BCUT2D eigenvalue weighted by Crippen LogP contribution is 2.23. The summed E-state index contributed by atoms with van der Waals surface area (Å²) in [7, 11) is -3.24. The minimum absolute atomic E-state index is 0.179. The molecule has 1 N–H and O–H groups in total. The maximum atomic E-state index is 12.8. The van der Waals surface area contributed by atoms with E-state index in [9.17, 15) is 13.2 Å². The van der Waals surface area contributed by atoms with E-state index in [0.717, 1.165) is 16.7 Å². The predicted molar refractivity (Wildman–Crippen MR) is 111 cm³/mol. The van der Waals surface area contributed by atoms with Crippen molar-refractivity contribution in [3.05, 3.63) is 59.2 Å². The van der Waals surface area contributed by atoms with E-state index in [1.165, 1.54) is 6.26 Å². The van der Waals surface area contributed by atoms with Crippen molar-refractivity contribution in [2.75, 3.05) is 6.26 Å². The number of nitrogens with one attached hydrogen (secondary N) is 1. The van der Waals surface area contributed by atoms with E-state index in [0.29, 0.717) is 18.6 Å². The normalized spacial score (nSPS) is 13.6. The summed E-state index contributed by atoms with van der Waals surface area (Å²) in [6, 6.07) is 12.3. The molecule has 0 fully saturated rings. The van der Waals surface area contributed by atoms with Crippen molar-refractivity contribution in [3.8, 4) is 5.75 Å². The lowest BCUT2D eigenvalue weighted by Crippen LogP contribution is -2.40. The lowest BCUT2D eigenvalue weighted by Gasteiger charge is -2.23. The van der Waals surface area contributed by atoms with E-state index < -0.39 is 15.9 Å². The van der Waals surface area contributed by atoms with Crippen LogP contribution in [-0.4, -0.2) is 26.7 Å². The lowest BCUT2D eigenvalue weighted by atomic mass is 10.0. The smallest absolute Gasteiger partial charge is 0.261 e. The Morgan fingerprint density at radius 1 is 1.04 bits per heavy atom. The van der Waals surface area contributed by atoms with Gasteiger partial charge in [0.05, 0.1) is 10.9 Å². The number of sulfone groups is 1. The summed E-state index contributed by atoms with van der Waals surface area (Å²) >= 11 is 0. The number of carbonyl (C=O) groups is 1. The van der Waals surface area contributed by atoms with Crippen LogP contribution in [0.3, 0.4) is 0 Å². The topological polar surface area (TPSA) is 72.5 Å². The average Bonchev–Trinajstić information content (AvgIpc) is 2.64. The molecule has 28 heavy (non-hydrogen) atoms. The molecule has 0 unspecified atom stereocenters. The standard InChI is InChI=1S/C22H29NO4S/c1-6-19(17-9-11-18(12-10-17)28(5,25)26)23-22(24)20(7-2)27-21-13-8-15(3)14-16(21)4/h8-14,19-20H,6-7H2,1-5H3,(H,23,24)/t19-,20+/m1/s1. The summed E-state index contributed by atoms with van der Waals surface area (Å²) in [6.45, 7) is 7.86. The van der Waals surface area contributed by atoms with Crippen molar-refractivity contribution < 1.29 is 17.9 Å². The molecule has 0 aliphatic carbocycles. The molecule has 0 spiro atoms. The van der Waals surface area contributed by atoms with Gasteiger partial charge in [0, 0.05) is 6.26 Å². The van der Waals surface area contributed by atoms with Gasteiger partial charge >= 0.3 is 0 Å². The molecule has 0 aliphatic heterocycles. The molecule has 0 saturated heterocycles. The summed E-state index contributed by atoms with van der Waals surface area (Å²) < 4.78 is 29.2. The van der Waals surface area contributed by atoms with Crippen LogP contribution in [0.4, 0.5) is 0 Å². The van der Waals surface area contributed by atoms with Crippen LogP contribution < -0.4 is 10.1 Å². The van der Waals surface area contributed by atoms with Crippen molar-refractivity contribution >= 4 is 15.7 Å². The highest BCUT2D eigenvalue weighted by molar-refractivity contribution is 7.90. The molecule has 2 atom stereocenters. The van der Waals surface area contributed by atoms with Crippen molar-refractivity contribution in [2.45, 2.75) is 57.6 Å². The Labute approximate surface area is 168 Å². The monoisotopic (exact) mass is 403 g/mol. The van der Waals surface area contributed by atoms with Gasteiger partial charge in [0.1, 0.15) is 5.75 Å². The number of aryl methyl sites for hydroxylation is 2. The number of amides is 1. The van der Waals surface area contributed by atoms with Crippen molar-refractivity contribution in [2.24, 2.45) is 0 Å². The van der Waals surface area contributed by atoms with E-state index in [-0.39, 0.29) is 16.8 Å². The lowest BCUT2D eigenvalue weighted by molar-refractivity contribution is -0.129. The van der Waals surface area contributed by atoms with Crippen molar-refractivity contribution in [1.82, 2.24) is 5.32 Å². The van der Waals surface area contributed by atoms with E-state index >= 15 is 0 Å². The third-order valence-corrected chi connectivity index (χ3v) is 5.83. The molecule has 0 bridgehead atoms. The molecule has 0 heterocycles. The van der Waals surface area contributed by atoms with Crippen LogP contribution in [0.1, 0.15) is 49.4 Å².